The van der Waals surface area contributed by atoms with Gasteiger partial charge >= 0.3 is 0 Å². The van der Waals surface area contributed by atoms with Gasteiger partial charge in [-0.1, -0.05) is 18.2 Å². The molecule has 6 heteroatoms. The van der Waals surface area contributed by atoms with E-state index in [9.17, 15) is 0 Å². The molecule has 3 heterocycles. The van der Waals surface area contributed by atoms with Gasteiger partial charge in [0, 0.05) is 23.3 Å². The van der Waals surface area contributed by atoms with Crippen LogP contribution in [0.1, 0.15) is 17.4 Å². The summed E-state index contributed by atoms with van der Waals surface area (Å²) in [6.07, 6.45) is 7.02. The van der Waals surface area contributed by atoms with Crippen LogP contribution in [-0.2, 0) is 0 Å². The van der Waals surface area contributed by atoms with E-state index in [0.717, 1.165) is 27.8 Å². The van der Waals surface area contributed by atoms with Gasteiger partial charge in [0.2, 0.25) is 0 Å². The highest BCUT2D eigenvalue weighted by Gasteiger charge is 2.21. The molecule has 0 amide bonds. The first-order valence-electron chi connectivity index (χ1n) is 6.58. The van der Waals surface area contributed by atoms with Crippen molar-refractivity contribution in [3.8, 4) is 0 Å². The van der Waals surface area contributed by atoms with E-state index in [-0.39, 0.29) is 6.04 Å². The lowest BCUT2D eigenvalue weighted by atomic mass is 10.1. The molecule has 0 spiro atoms. The van der Waals surface area contributed by atoms with Crippen molar-refractivity contribution in [2.75, 3.05) is 0 Å². The molecule has 0 aliphatic heterocycles. The Bertz CT molecular complexity index is 877. The summed E-state index contributed by atoms with van der Waals surface area (Å²) in [7, 11) is 0. The number of hydrogen-bond donors (Lipinski definition) is 2. The molecule has 0 aliphatic carbocycles. The van der Waals surface area contributed by atoms with Gasteiger partial charge in [0.15, 0.2) is 0 Å². The fourth-order valence-corrected chi connectivity index (χ4v) is 2.55. The Balaban J connectivity index is 1.87. The maximum atomic E-state index is 5.89. The van der Waals surface area contributed by atoms with E-state index < -0.39 is 0 Å². The van der Waals surface area contributed by atoms with E-state index in [1.807, 2.05) is 30.3 Å². The van der Waals surface area contributed by atoms with Gasteiger partial charge in [0.25, 0.3) is 0 Å². The average molecular weight is 279 g/mol. The predicted octanol–water partition coefficient (Wildman–Crippen LogP) is 2.03. The van der Waals surface area contributed by atoms with Crippen molar-refractivity contribution in [3.05, 3.63) is 66.4 Å². The lowest BCUT2D eigenvalue weighted by Crippen LogP contribution is -2.28. The summed E-state index contributed by atoms with van der Waals surface area (Å²) in [6.45, 7) is 0. The Kier molecular flexibility index (Phi) is 2.70. The second-order valence-electron chi connectivity index (χ2n) is 4.79. The second-order valence-corrected chi connectivity index (χ2v) is 4.79. The zero-order valence-electron chi connectivity index (χ0n) is 11.1. The molecule has 0 saturated carbocycles. The molecule has 3 aromatic heterocycles. The normalized spacial score (nSPS) is 13.0. The predicted molar refractivity (Wildman–Crippen MR) is 78.4 cm³/mol. The van der Waals surface area contributed by atoms with Crippen molar-refractivity contribution in [1.29, 1.82) is 0 Å². The standard InChI is InChI=1S/C15H13N5O/c16-19-15(11-8-18-20-6-5-17-9-12(11)20)14-7-10-3-1-2-4-13(10)21-14/h1-9,15,19H,16H2. The van der Waals surface area contributed by atoms with Crippen molar-refractivity contribution < 1.29 is 4.42 Å². The molecule has 1 aromatic carbocycles. The first-order valence-corrected chi connectivity index (χ1v) is 6.58. The van der Waals surface area contributed by atoms with Gasteiger partial charge in [-0.15, -0.1) is 0 Å². The molecule has 4 aromatic rings. The largest absolute Gasteiger partial charge is 0.459 e. The smallest absolute Gasteiger partial charge is 0.134 e. The van der Waals surface area contributed by atoms with Crippen LogP contribution in [0.3, 0.4) is 0 Å². The van der Waals surface area contributed by atoms with Gasteiger partial charge in [-0.3, -0.25) is 10.8 Å². The van der Waals surface area contributed by atoms with Gasteiger partial charge in [-0.25, -0.2) is 9.94 Å². The molecule has 0 fully saturated rings. The van der Waals surface area contributed by atoms with Gasteiger partial charge in [0.1, 0.15) is 17.4 Å². The summed E-state index contributed by atoms with van der Waals surface area (Å²) in [5.41, 5.74) is 5.45. The van der Waals surface area contributed by atoms with Gasteiger partial charge in [-0.05, 0) is 12.1 Å². The van der Waals surface area contributed by atoms with Crippen LogP contribution < -0.4 is 11.3 Å². The molecule has 1 atom stereocenters. The summed E-state index contributed by atoms with van der Waals surface area (Å²) < 4.78 is 7.65. The number of nitrogens with one attached hydrogen (secondary N) is 1. The Morgan fingerprint density at radius 3 is 3.00 bits per heavy atom. The molecule has 0 radical (unpaired) electrons. The Labute approximate surface area is 120 Å². The highest BCUT2D eigenvalue weighted by Crippen LogP contribution is 2.29. The number of hydrogen-bond acceptors (Lipinski definition) is 5. The molecule has 104 valence electrons. The molecule has 1 unspecified atom stereocenters. The summed E-state index contributed by atoms with van der Waals surface area (Å²) in [6, 6.07) is 9.57. The summed E-state index contributed by atoms with van der Waals surface area (Å²) in [5, 5.41) is 5.35. The third-order valence-corrected chi connectivity index (χ3v) is 3.56. The Morgan fingerprint density at radius 2 is 2.14 bits per heavy atom. The van der Waals surface area contributed by atoms with Crippen LogP contribution in [0.2, 0.25) is 0 Å². The number of furan rings is 1. The topological polar surface area (TPSA) is 81.4 Å². The lowest BCUT2D eigenvalue weighted by Gasteiger charge is -2.11. The fraction of sp³-hybridized carbons (Fsp3) is 0.0667. The zero-order chi connectivity index (χ0) is 14.2. The van der Waals surface area contributed by atoms with E-state index in [1.165, 1.54) is 0 Å². The van der Waals surface area contributed by atoms with Crippen molar-refractivity contribution in [1.82, 2.24) is 20.0 Å². The van der Waals surface area contributed by atoms with Crippen LogP contribution in [0.5, 0.6) is 0 Å². The van der Waals surface area contributed by atoms with Crippen LogP contribution >= 0.6 is 0 Å². The highest BCUT2D eigenvalue weighted by atomic mass is 16.3. The summed E-state index contributed by atoms with van der Waals surface area (Å²) in [4.78, 5) is 4.14. The van der Waals surface area contributed by atoms with Crippen LogP contribution in [-0.4, -0.2) is 14.6 Å². The van der Waals surface area contributed by atoms with Crippen molar-refractivity contribution in [3.63, 3.8) is 0 Å². The molecule has 0 aliphatic rings. The second kappa shape index (κ2) is 4.69. The molecule has 4 rings (SSSR count). The highest BCUT2D eigenvalue weighted by molar-refractivity contribution is 5.78. The van der Waals surface area contributed by atoms with Gasteiger partial charge < -0.3 is 4.42 Å². The van der Waals surface area contributed by atoms with Crippen molar-refractivity contribution in [2.45, 2.75) is 6.04 Å². The van der Waals surface area contributed by atoms with Crippen molar-refractivity contribution in [2.24, 2.45) is 5.84 Å². The minimum absolute atomic E-state index is 0.279. The van der Waals surface area contributed by atoms with E-state index in [2.05, 4.69) is 15.5 Å². The molecular formula is C15H13N5O. The number of benzene rings is 1. The summed E-state index contributed by atoms with van der Waals surface area (Å²) >= 11 is 0. The maximum absolute atomic E-state index is 5.89. The molecule has 21 heavy (non-hydrogen) atoms. The molecule has 6 nitrogen and oxygen atoms in total. The molecule has 0 saturated heterocycles. The SMILES string of the molecule is NNC(c1cc2ccccc2o1)c1cnn2ccncc12. The number of fused-ring (bicyclic) bond motifs is 2. The lowest BCUT2D eigenvalue weighted by molar-refractivity contribution is 0.479. The zero-order valence-corrected chi connectivity index (χ0v) is 11.1. The van der Waals surface area contributed by atoms with Crippen LogP contribution in [0.25, 0.3) is 16.5 Å². The van der Waals surface area contributed by atoms with Crippen LogP contribution in [0, 0.1) is 0 Å². The number of nitrogens with two attached hydrogens (primary N) is 1. The first-order chi connectivity index (χ1) is 10.4. The average Bonchev–Trinajstić information content (AvgIpc) is 3.13. The quantitative estimate of drug-likeness (QED) is 0.443. The monoisotopic (exact) mass is 279 g/mol. The van der Waals surface area contributed by atoms with Crippen molar-refractivity contribution >= 4 is 16.5 Å². The third-order valence-electron chi connectivity index (χ3n) is 3.56. The Hall–Kier alpha value is -2.70. The van der Waals surface area contributed by atoms with E-state index >= 15 is 0 Å². The van der Waals surface area contributed by atoms with E-state index in [0.29, 0.717) is 0 Å². The first kappa shape index (κ1) is 12.1. The van der Waals surface area contributed by atoms with E-state index in [1.54, 1.807) is 29.3 Å². The maximum Gasteiger partial charge on any atom is 0.134 e. The molecule has 3 N–H and O–H groups in total. The summed E-state index contributed by atoms with van der Waals surface area (Å²) in [5.74, 6) is 6.49. The number of aromatic nitrogens is 3. The van der Waals surface area contributed by atoms with Crippen LogP contribution in [0.15, 0.2) is 59.5 Å². The molecule has 0 bridgehead atoms. The van der Waals surface area contributed by atoms with Gasteiger partial charge in [-0.2, -0.15) is 5.10 Å². The minimum atomic E-state index is -0.279. The van der Waals surface area contributed by atoms with Gasteiger partial charge in [0.05, 0.1) is 17.9 Å². The van der Waals surface area contributed by atoms with Crippen LogP contribution in [0.4, 0.5) is 0 Å². The molecular weight excluding hydrogens is 266 g/mol. The Morgan fingerprint density at radius 1 is 1.24 bits per heavy atom. The van der Waals surface area contributed by atoms with E-state index in [4.69, 9.17) is 10.3 Å². The number of nitrogens with zero attached hydrogens (tertiary/aromatic N) is 3. The number of rotatable bonds is 3. The number of hydrazine groups is 1. The third kappa shape index (κ3) is 1.89. The number of para-hydroxylation sites is 1. The minimum Gasteiger partial charge on any atom is -0.459 e. The fourth-order valence-electron chi connectivity index (χ4n) is 2.55.